The molecule has 3 aromatic rings. The van der Waals surface area contributed by atoms with Crippen LogP contribution in [0.3, 0.4) is 0 Å². The minimum Gasteiger partial charge on any atom is -0.496 e. The number of nitrogens with one attached hydrogen (secondary N) is 1. The number of aliphatic hydroxyl groups excluding tert-OH is 1. The van der Waals surface area contributed by atoms with Gasteiger partial charge in [-0.25, -0.2) is 0 Å². The molecular formula is C20H17Cl2NO5. The summed E-state index contributed by atoms with van der Waals surface area (Å²) in [5.74, 6) is 1.53. The average molecular weight is 422 g/mol. The van der Waals surface area contributed by atoms with Gasteiger partial charge in [-0.1, -0.05) is 23.2 Å². The standard InChI is InChI=1S/C20H17Cl2NO5/c1-26-19-9-13(3-5-15(19)17-7-4-14(10-24)28-17)23-20(25)11-27-18-6-2-12(21)8-16(18)22/h2-9,24H,10-11H2,1H3,(H,23,25). The molecule has 2 aromatic carbocycles. The topological polar surface area (TPSA) is 80.9 Å². The lowest BCUT2D eigenvalue weighted by molar-refractivity contribution is -0.118. The minimum absolute atomic E-state index is 0.186. The number of hydrogen-bond acceptors (Lipinski definition) is 5. The molecule has 1 amide bonds. The number of aliphatic hydroxyl groups is 1. The van der Waals surface area contributed by atoms with Gasteiger partial charge >= 0.3 is 0 Å². The van der Waals surface area contributed by atoms with Crippen LogP contribution in [0.5, 0.6) is 11.5 Å². The molecule has 0 atom stereocenters. The van der Waals surface area contributed by atoms with Crippen molar-refractivity contribution in [3.63, 3.8) is 0 Å². The summed E-state index contributed by atoms with van der Waals surface area (Å²) in [5.41, 5.74) is 1.23. The smallest absolute Gasteiger partial charge is 0.262 e. The third kappa shape index (κ3) is 4.78. The molecule has 0 radical (unpaired) electrons. The molecule has 0 spiro atoms. The summed E-state index contributed by atoms with van der Waals surface area (Å²) < 4.78 is 16.3. The highest BCUT2D eigenvalue weighted by atomic mass is 35.5. The van der Waals surface area contributed by atoms with E-state index in [9.17, 15) is 4.79 Å². The van der Waals surface area contributed by atoms with Crippen molar-refractivity contribution in [2.75, 3.05) is 19.0 Å². The van der Waals surface area contributed by atoms with Crippen LogP contribution in [0, 0.1) is 0 Å². The van der Waals surface area contributed by atoms with Crippen molar-refractivity contribution in [3.05, 3.63) is 64.3 Å². The van der Waals surface area contributed by atoms with E-state index >= 15 is 0 Å². The van der Waals surface area contributed by atoms with Crippen molar-refractivity contribution >= 4 is 34.8 Å². The zero-order chi connectivity index (χ0) is 20.1. The number of furan rings is 1. The number of anilines is 1. The van der Waals surface area contributed by atoms with Crippen molar-refractivity contribution in [2.45, 2.75) is 6.61 Å². The lowest BCUT2D eigenvalue weighted by Crippen LogP contribution is -2.20. The molecule has 2 N–H and O–H groups in total. The van der Waals surface area contributed by atoms with Crippen LogP contribution in [0.15, 0.2) is 52.9 Å². The number of halogens is 2. The van der Waals surface area contributed by atoms with E-state index < -0.39 is 0 Å². The summed E-state index contributed by atoms with van der Waals surface area (Å²) in [6, 6.07) is 13.3. The Morgan fingerprint density at radius 2 is 1.93 bits per heavy atom. The predicted octanol–water partition coefficient (Wildman–Crippen LogP) is 4.77. The lowest BCUT2D eigenvalue weighted by Gasteiger charge is -2.11. The highest BCUT2D eigenvalue weighted by molar-refractivity contribution is 6.35. The number of carbonyl (C=O) groups excluding carboxylic acids is 1. The monoisotopic (exact) mass is 421 g/mol. The van der Waals surface area contributed by atoms with Gasteiger partial charge in [0.25, 0.3) is 5.91 Å². The largest absolute Gasteiger partial charge is 0.496 e. The first-order valence-electron chi connectivity index (χ1n) is 8.26. The zero-order valence-electron chi connectivity index (χ0n) is 14.9. The van der Waals surface area contributed by atoms with Gasteiger partial charge in [-0.15, -0.1) is 0 Å². The van der Waals surface area contributed by atoms with Gasteiger partial charge in [0.2, 0.25) is 0 Å². The molecule has 3 rings (SSSR count). The van der Waals surface area contributed by atoms with E-state index in [1.54, 1.807) is 42.5 Å². The highest BCUT2D eigenvalue weighted by Crippen LogP contribution is 2.33. The normalized spacial score (nSPS) is 10.6. The van der Waals surface area contributed by atoms with Crippen molar-refractivity contribution in [1.29, 1.82) is 0 Å². The first-order valence-corrected chi connectivity index (χ1v) is 9.01. The van der Waals surface area contributed by atoms with E-state index in [2.05, 4.69) is 5.32 Å². The fourth-order valence-electron chi connectivity index (χ4n) is 2.51. The molecule has 0 unspecified atom stereocenters. The number of rotatable bonds is 7. The number of methoxy groups -OCH3 is 1. The Labute approximate surface area is 171 Å². The number of carbonyl (C=O) groups is 1. The summed E-state index contributed by atoms with van der Waals surface area (Å²) >= 11 is 11.9. The van der Waals surface area contributed by atoms with Crippen LogP contribution in [-0.2, 0) is 11.4 Å². The zero-order valence-corrected chi connectivity index (χ0v) is 16.4. The van der Waals surface area contributed by atoms with Gasteiger partial charge in [0.15, 0.2) is 6.61 Å². The van der Waals surface area contributed by atoms with E-state index in [-0.39, 0.29) is 19.1 Å². The maximum Gasteiger partial charge on any atom is 0.262 e. The molecule has 0 bridgehead atoms. The Morgan fingerprint density at radius 1 is 1.11 bits per heavy atom. The molecule has 6 nitrogen and oxygen atoms in total. The van der Waals surface area contributed by atoms with Gasteiger partial charge in [0, 0.05) is 16.8 Å². The second-order valence-corrected chi connectivity index (χ2v) is 6.59. The predicted molar refractivity (Wildman–Crippen MR) is 107 cm³/mol. The van der Waals surface area contributed by atoms with Crippen molar-refractivity contribution in [2.24, 2.45) is 0 Å². The number of hydrogen-bond donors (Lipinski definition) is 2. The van der Waals surface area contributed by atoms with Gasteiger partial charge in [0.05, 0.1) is 17.7 Å². The minimum atomic E-state index is -0.360. The van der Waals surface area contributed by atoms with E-state index in [1.165, 1.54) is 13.2 Å². The summed E-state index contributed by atoms with van der Waals surface area (Å²) in [6.45, 7) is -0.405. The molecule has 1 aromatic heterocycles. The Morgan fingerprint density at radius 3 is 2.61 bits per heavy atom. The van der Waals surface area contributed by atoms with Crippen LogP contribution in [0.2, 0.25) is 10.0 Å². The van der Waals surface area contributed by atoms with Crippen LogP contribution in [0.4, 0.5) is 5.69 Å². The summed E-state index contributed by atoms with van der Waals surface area (Å²) in [7, 11) is 1.52. The average Bonchev–Trinajstić information content (AvgIpc) is 3.16. The molecule has 0 saturated heterocycles. The van der Waals surface area contributed by atoms with E-state index in [4.69, 9.17) is 42.2 Å². The quantitative estimate of drug-likeness (QED) is 0.573. The molecule has 0 saturated carbocycles. The summed E-state index contributed by atoms with van der Waals surface area (Å²) in [4.78, 5) is 12.2. The molecular weight excluding hydrogens is 405 g/mol. The number of benzene rings is 2. The number of ether oxygens (including phenoxy) is 2. The van der Waals surface area contributed by atoms with Gasteiger partial charge < -0.3 is 24.3 Å². The van der Waals surface area contributed by atoms with E-state index in [1.807, 2.05) is 0 Å². The van der Waals surface area contributed by atoms with Crippen LogP contribution >= 0.6 is 23.2 Å². The fourth-order valence-corrected chi connectivity index (χ4v) is 2.98. The molecule has 28 heavy (non-hydrogen) atoms. The van der Waals surface area contributed by atoms with Crippen LogP contribution in [-0.4, -0.2) is 24.7 Å². The van der Waals surface area contributed by atoms with Gasteiger partial charge in [-0.05, 0) is 42.5 Å². The van der Waals surface area contributed by atoms with Gasteiger partial charge in [-0.3, -0.25) is 4.79 Å². The second-order valence-electron chi connectivity index (χ2n) is 5.75. The molecule has 0 fully saturated rings. The Kier molecular flexibility index (Phi) is 6.46. The number of amides is 1. The fraction of sp³-hybridized carbons (Fsp3) is 0.150. The van der Waals surface area contributed by atoms with E-state index in [0.717, 1.165) is 0 Å². The van der Waals surface area contributed by atoms with E-state index in [0.29, 0.717) is 44.3 Å². The maximum atomic E-state index is 12.2. The summed E-state index contributed by atoms with van der Waals surface area (Å²) in [6.07, 6.45) is 0. The Balaban J connectivity index is 1.67. The molecule has 1 heterocycles. The second kappa shape index (κ2) is 9.01. The van der Waals surface area contributed by atoms with Crippen LogP contribution in [0.1, 0.15) is 5.76 Å². The first-order chi connectivity index (χ1) is 13.5. The Bertz CT molecular complexity index is 986. The highest BCUT2D eigenvalue weighted by Gasteiger charge is 2.13. The van der Waals surface area contributed by atoms with Crippen LogP contribution < -0.4 is 14.8 Å². The molecule has 8 heteroatoms. The maximum absolute atomic E-state index is 12.2. The Hall–Kier alpha value is -2.67. The SMILES string of the molecule is COc1cc(NC(=O)COc2ccc(Cl)cc2Cl)ccc1-c1ccc(CO)o1. The summed E-state index contributed by atoms with van der Waals surface area (Å²) in [5, 5.41) is 12.7. The van der Waals surface area contributed by atoms with Gasteiger partial charge in [-0.2, -0.15) is 0 Å². The third-order valence-corrected chi connectivity index (χ3v) is 4.35. The lowest BCUT2D eigenvalue weighted by atomic mass is 10.1. The molecule has 0 aliphatic heterocycles. The first kappa shape index (κ1) is 20.1. The van der Waals surface area contributed by atoms with Crippen molar-refractivity contribution < 1.29 is 23.8 Å². The van der Waals surface area contributed by atoms with Crippen LogP contribution in [0.25, 0.3) is 11.3 Å². The third-order valence-electron chi connectivity index (χ3n) is 3.82. The molecule has 0 aliphatic carbocycles. The van der Waals surface area contributed by atoms with Crippen molar-refractivity contribution in [1.82, 2.24) is 0 Å². The van der Waals surface area contributed by atoms with Crippen molar-refractivity contribution in [3.8, 4) is 22.8 Å². The van der Waals surface area contributed by atoms with Gasteiger partial charge in [0.1, 0.15) is 29.6 Å². The molecule has 0 aliphatic rings. The molecule has 146 valence electrons.